The van der Waals surface area contributed by atoms with Crippen LogP contribution >= 0.6 is 11.3 Å². The predicted octanol–water partition coefficient (Wildman–Crippen LogP) is 3.56. The van der Waals surface area contributed by atoms with Crippen LogP contribution in [0.25, 0.3) is 0 Å². The van der Waals surface area contributed by atoms with E-state index in [1.807, 2.05) is 11.3 Å². The molecule has 0 unspecified atom stereocenters. The van der Waals surface area contributed by atoms with E-state index in [0.29, 0.717) is 6.04 Å². The van der Waals surface area contributed by atoms with Gasteiger partial charge in [-0.3, -0.25) is 9.80 Å². The van der Waals surface area contributed by atoms with Gasteiger partial charge in [-0.2, -0.15) is 0 Å². The van der Waals surface area contributed by atoms with Crippen LogP contribution in [0.4, 0.5) is 0 Å². The molecule has 2 aromatic rings. The Morgan fingerprint density at radius 3 is 2.68 bits per heavy atom. The highest BCUT2D eigenvalue weighted by molar-refractivity contribution is 7.11. The topological polar surface area (TPSA) is 26.7 Å². The van der Waals surface area contributed by atoms with Gasteiger partial charge < -0.3 is 5.11 Å². The summed E-state index contributed by atoms with van der Waals surface area (Å²) in [5.41, 5.74) is 1.42. The largest absolute Gasteiger partial charge is 0.396 e. The normalized spacial score (nSPS) is 19.4. The van der Waals surface area contributed by atoms with Crippen LogP contribution in [0.1, 0.15) is 28.2 Å². The molecule has 3 rings (SSSR count). The quantitative estimate of drug-likeness (QED) is 0.782. The maximum Gasteiger partial charge on any atom is 0.0446 e. The van der Waals surface area contributed by atoms with Crippen LogP contribution in [0, 0.1) is 6.92 Å². The fourth-order valence-corrected chi connectivity index (χ4v) is 4.67. The van der Waals surface area contributed by atoms with Gasteiger partial charge in [-0.05, 0) is 50.4 Å². The molecule has 1 aromatic heterocycles. The highest BCUT2D eigenvalue weighted by Gasteiger charge is 2.26. The van der Waals surface area contributed by atoms with Crippen LogP contribution in [0.5, 0.6) is 0 Å². The molecular weight excluding hydrogens is 328 g/mol. The van der Waals surface area contributed by atoms with Crippen molar-refractivity contribution in [2.24, 2.45) is 0 Å². The number of benzene rings is 1. The van der Waals surface area contributed by atoms with Crippen molar-refractivity contribution >= 4 is 11.3 Å². The van der Waals surface area contributed by atoms with Gasteiger partial charge >= 0.3 is 0 Å². The summed E-state index contributed by atoms with van der Waals surface area (Å²) in [7, 11) is 0. The van der Waals surface area contributed by atoms with Gasteiger partial charge in [-0.1, -0.05) is 30.3 Å². The van der Waals surface area contributed by atoms with E-state index in [-0.39, 0.29) is 6.61 Å². The summed E-state index contributed by atoms with van der Waals surface area (Å²) >= 11 is 1.90. The minimum absolute atomic E-state index is 0.284. The number of rotatable bonds is 8. The Balaban J connectivity index is 1.49. The zero-order valence-corrected chi connectivity index (χ0v) is 16.0. The third-order valence-corrected chi connectivity index (χ3v) is 6.07. The Morgan fingerprint density at radius 1 is 1.12 bits per heavy atom. The molecule has 1 fully saturated rings. The standard InChI is InChI=1S/C21H30N2OS/c1-18-9-10-21(25-18)17-22-13-14-23(20(16-22)11-15-24)12-5-8-19-6-3-2-4-7-19/h2-4,6-7,9-10,20,24H,5,8,11-17H2,1H3/t20-/m0/s1. The fraction of sp³-hybridized carbons (Fsp3) is 0.524. The predicted molar refractivity (Wildman–Crippen MR) is 106 cm³/mol. The maximum absolute atomic E-state index is 9.48. The molecule has 0 aliphatic carbocycles. The van der Waals surface area contributed by atoms with Crippen molar-refractivity contribution in [3.05, 3.63) is 57.8 Å². The summed E-state index contributed by atoms with van der Waals surface area (Å²) in [6.07, 6.45) is 3.21. The summed E-state index contributed by atoms with van der Waals surface area (Å²) in [6, 6.07) is 15.7. The molecule has 0 saturated carbocycles. The molecule has 3 nitrogen and oxygen atoms in total. The first-order valence-corrected chi connectivity index (χ1v) is 10.2. The lowest BCUT2D eigenvalue weighted by atomic mass is 10.1. The highest BCUT2D eigenvalue weighted by Crippen LogP contribution is 2.20. The fourth-order valence-electron chi connectivity index (χ4n) is 3.74. The van der Waals surface area contributed by atoms with Gasteiger partial charge in [0.15, 0.2) is 0 Å². The maximum atomic E-state index is 9.48. The molecule has 1 N–H and O–H groups in total. The van der Waals surface area contributed by atoms with E-state index in [1.54, 1.807) is 0 Å². The van der Waals surface area contributed by atoms with Gasteiger partial charge in [0.1, 0.15) is 0 Å². The molecule has 1 atom stereocenters. The molecule has 1 aliphatic rings. The molecule has 25 heavy (non-hydrogen) atoms. The van der Waals surface area contributed by atoms with Crippen molar-refractivity contribution in [2.45, 2.75) is 38.8 Å². The lowest BCUT2D eigenvalue weighted by Crippen LogP contribution is -2.53. The number of hydrogen-bond acceptors (Lipinski definition) is 4. The Labute approximate surface area is 155 Å². The van der Waals surface area contributed by atoms with Crippen molar-refractivity contribution in [1.82, 2.24) is 9.80 Å². The van der Waals surface area contributed by atoms with Gasteiger partial charge in [0.25, 0.3) is 0 Å². The van der Waals surface area contributed by atoms with Crippen molar-refractivity contribution in [1.29, 1.82) is 0 Å². The molecule has 0 amide bonds. The van der Waals surface area contributed by atoms with E-state index in [2.05, 4.69) is 59.2 Å². The van der Waals surface area contributed by atoms with Crippen molar-refractivity contribution < 1.29 is 5.11 Å². The van der Waals surface area contributed by atoms with Gasteiger partial charge in [0.05, 0.1) is 0 Å². The Hall–Kier alpha value is -1.20. The van der Waals surface area contributed by atoms with Crippen LogP contribution in [-0.2, 0) is 13.0 Å². The third kappa shape index (κ3) is 5.65. The van der Waals surface area contributed by atoms with Crippen molar-refractivity contribution in [3.8, 4) is 0 Å². The van der Waals surface area contributed by atoms with Gasteiger partial charge in [-0.15, -0.1) is 11.3 Å². The summed E-state index contributed by atoms with van der Waals surface area (Å²) in [5.74, 6) is 0. The molecule has 0 radical (unpaired) electrons. The first-order valence-electron chi connectivity index (χ1n) is 9.41. The van der Waals surface area contributed by atoms with Crippen LogP contribution < -0.4 is 0 Å². The minimum atomic E-state index is 0.284. The molecule has 136 valence electrons. The van der Waals surface area contributed by atoms with Crippen molar-refractivity contribution in [3.63, 3.8) is 0 Å². The second kappa shape index (κ2) is 9.48. The smallest absolute Gasteiger partial charge is 0.0446 e. The van der Waals surface area contributed by atoms with E-state index in [9.17, 15) is 5.11 Å². The second-order valence-electron chi connectivity index (χ2n) is 7.04. The van der Waals surface area contributed by atoms with Crippen LogP contribution in [0.15, 0.2) is 42.5 Å². The molecule has 4 heteroatoms. The number of piperazine rings is 1. The summed E-state index contributed by atoms with van der Waals surface area (Å²) < 4.78 is 0. The minimum Gasteiger partial charge on any atom is -0.396 e. The number of aliphatic hydroxyl groups excluding tert-OH is 1. The molecule has 1 saturated heterocycles. The summed E-state index contributed by atoms with van der Waals surface area (Å²) in [4.78, 5) is 7.99. The third-order valence-electron chi connectivity index (χ3n) is 5.08. The van der Waals surface area contributed by atoms with Gasteiger partial charge in [-0.25, -0.2) is 0 Å². The van der Waals surface area contributed by atoms with E-state index in [4.69, 9.17) is 0 Å². The lowest BCUT2D eigenvalue weighted by Gasteiger charge is -2.41. The Bertz CT molecular complexity index is 628. The van der Waals surface area contributed by atoms with Crippen molar-refractivity contribution in [2.75, 3.05) is 32.8 Å². The zero-order valence-electron chi connectivity index (χ0n) is 15.2. The number of aliphatic hydroxyl groups is 1. The van der Waals surface area contributed by atoms with E-state index in [0.717, 1.165) is 45.6 Å². The molecule has 1 aromatic carbocycles. The number of nitrogens with zero attached hydrogens (tertiary/aromatic N) is 2. The first-order chi connectivity index (χ1) is 12.2. The van der Waals surface area contributed by atoms with E-state index < -0.39 is 0 Å². The highest BCUT2D eigenvalue weighted by atomic mass is 32.1. The molecule has 0 spiro atoms. The van der Waals surface area contributed by atoms with Gasteiger partial charge in [0, 0.05) is 48.6 Å². The zero-order chi connectivity index (χ0) is 17.5. The number of hydrogen-bond donors (Lipinski definition) is 1. The van der Waals surface area contributed by atoms with E-state index in [1.165, 1.54) is 21.7 Å². The molecule has 2 heterocycles. The summed E-state index contributed by atoms with van der Waals surface area (Å²) in [5, 5.41) is 9.48. The number of thiophene rings is 1. The van der Waals surface area contributed by atoms with Crippen LogP contribution in [0.2, 0.25) is 0 Å². The number of aryl methyl sites for hydroxylation is 2. The van der Waals surface area contributed by atoms with Crippen LogP contribution in [0.3, 0.4) is 0 Å². The second-order valence-corrected chi connectivity index (χ2v) is 8.41. The summed E-state index contributed by atoms with van der Waals surface area (Å²) in [6.45, 7) is 7.96. The van der Waals surface area contributed by atoms with Gasteiger partial charge in [0.2, 0.25) is 0 Å². The molecule has 1 aliphatic heterocycles. The lowest BCUT2D eigenvalue weighted by molar-refractivity contribution is 0.0552. The van der Waals surface area contributed by atoms with E-state index >= 15 is 0 Å². The monoisotopic (exact) mass is 358 g/mol. The molecular formula is C21H30N2OS. The average molecular weight is 359 g/mol. The Morgan fingerprint density at radius 2 is 1.96 bits per heavy atom. The SMILES string of the molecule is Cc1ccc(CN2CCN(CCCc3ccccc3)[C@@H](CCO)C2)s1. The molecule has 0 bridgehead atoms. The average Bonchev–Trinajstić information content (AvgIpc) is 3.03. The van der Waals surface area contributed by atoms with Crippen LogP contribution in [-0.4, -0.2) is 53.7 Å². The Kier molecular flexibility index (Phi) is 7.05. The first kappa shape index (κ1) is 18.6.